The van der Waals surface area contributed by atoms with E-state index in [0.29, 0.717) is 30.0 Å². The van der Waals surface area contributed by atoms with E-state index in [-0.39, 0.29) is 5.78 Å². The first kappa shape index (κ1) is 15.6. The van der Waals surface area contributed by atoms with Crippen LogP contribution in [0.1, 0.15) is 28.4 Å². The normalized spacial score (nSPS) is 9.86. The Morgan fingerprint density at radius 3 is 2.73 bits per heavy atom. The maximum absolute atomic E-state index is 11.4. The van der Waals surface area contributed by atoms with Gasteiger partial charge in [0.2, 0.25) is 0 Å². The van der Waals surface area contributed by atoms with Gasteiger partial charge in [0, 0.05) is 12.1 Å². The zero-order chi connectivity index (χ0) is 15.9. The third-order valence-corrected chi connectivity index (χ3v) is 3.32. The van der Waals surface area contributed by atoms with Crippen LogP contribution in [0, 0.1) is 18.3 Å². The van der Waals surface area contributed by atoms with E-state index in [2.05, 4.69) is 11.4 Å². The van der Waals surface area contributed by atoms with Crippen molar-refractivity contribution in [2.75, 3.05) is 18.5 Å². The summed E-state index contributed by atoms with van der Waals surface area (Å²) >= 11 is 0. The zero-order valence-electron chi connectivity index (χ0n) is 12.7. The lowest BCUT2D eigenvalue weighted by Gasteiger charge is -2.12. The molecular formula is C18H18N2O2. The molecule has 0 aromatic heterocycles. The summed E-state index contributed by atoms with van der Waals surface area (Å²) in [7, 11) is 0. The lowest BCUT2D eigenvalue weighted by Crippen LogP contribution is -2.13. The van der Waals surface area contributed by atoms with Crippen LogP contribution in [0.25, 0.3) is 0 Å². The summed E-state index contributed by atoms with van der Waals surface area (Å²) in [6, 6.07) is 14.9. The number of ketones is 1. The lowest BCUT2D eigenvalue weighted by atomic mass is 10.1. The number of aryl methyl sites for hydroxylation is 1. The third kappa shape index (κ3) is 3.86. The first-order valence-electron chi connectivity index (χ1n) is 7.09. The van der Waals surface area contributed by atoms with Crippen molar-refractivity contribution in [3.05, 3.63) is 59.2 Å². The van der Waals surface area contributed by atoms with Crippen molar-refractivity contribution < 1.29 is 9.53 Å². The fourth-order valence-corrected chi connectivity index (χ4v) is 2.07. The predicted molar refractivity (Wildman–Crippen MR) is 86.3 cm³/mol. The molecule has 0 saturated heterocycles. The number of rotatable bonds is 6. The summed E-state index contributed by atoms with van der Waals surface area (Å²) in [5.41, 5.74) is 2.84. The number of nitrogens with zero attached hydrogens (tertiary/aromatic N) is 1. The van der Waals surface area contributed by atoms with Crippen molar-refractivity contribution in [2.45, 2.75) is 13.8 Å². The van der Waals surface area contributed by atoms with E-state index in [1.54, 1.807) is 18.2 Å². The van der Waals surface area contributed by atoms with Crippen molar-refractivity contribution in [3.8, 4) is 11.8 Å². The highest BCUT2D eigenvalue weighted by Crippen LogP contribution is 2.18. The largest absolute Gasteiger partial charge is 0.491 e. The van der Waals surface area contributed by atoms with Crippen LogP contribution in [0.15, 0.2) is 42.5 Å². The molecule has 0 aliphatic carbocycles. The summed E-state index contributed by atoms with van der Waals surface area (Å²) in [5.74, 6) is 0.825. The van der Waals surface area contributed by atoms with Gasteiger partial charge in [-0.15, -0.1) is 0 Å². The lowest BCUT2D eigenvalue weighted by molar-refractivity contribution is 0.101. The zero-order valence-corrected chi connectivity index (χ0v) is 12.7. The molecule has 0 radical (unpaired) electrons. The molecule has 0 heterocycles. The Hall–Kier alpha value is -2.80. The minimum atomic E-state index is -0.0244. The number of carbonyl (C=O) groups excluding carboxylic acids is 1. The van der Waals surface area contributed by atoms with E-state index in [1.807, 2.05) is 31.2 Å². The Kier molecular flexibility index (Phi) is 5.16. The molecule has 1 N–H and O–H groups in total. The minimum absolute atomic E-state index is 0.0244. The van der Waals surface area contributed by atoms with Crippen LogP contribution in [-0.2, 0) is 0 Å². The summed E-state index contributed by atoms with van der Waals surface area (Å²) in [5, 5.41) is 12.3. The van der Waals surface area contributed by atoms with Gasteiger partial charge in [-0.1, -0.05) is 18.2 Å². The van der Waals surface area contributed by atoms with Crippen LogP contribution in [0.4, 0.5) is 5.69 Å². The van der Waals surface area contributed by atoms with Crippen LogP contribution in [0.2, 0.25) is 0 Å². The second kappa shape index (κ2) is 7.28. The molecule has 0 aliphatic rings. The maximum Gasteiger partial charge on any atom is 0.159 e. The number of carbonyl (C=O) groups is 1. The Morgan fingerprint density at radius 1 is 1.27 bits per heavy atom. The number of nitrogens with one attached hydrogen (secondary N) is 1. The number of para-hydroxylation sites is 1. The minimum Gasteiger partial charge on any atom is -0.491 e. The molecule has 4 heteroatoms. The van der Waals surface area contributed by atoms with Crippen LogP contribution in [0.5, 0.6) is 5.75 Å². The molecule has 2 rings (SSSR count). The second-order valence-electron chi connectivity index (χ2n) is 4.97. The first-order valence-corrected chi connectivity index (χ1v) is 7.09. The Bertz CT molecular complexity index is 717. The molecule has 0 unspecified atom stereocenters. The number of ether oxygens (including phenoxy) is 1. The third-order valence-electron chi connectivity index (χ3n) is 3.32. The molecule has 0 aliphatic heterocycles. The molecule has 4 nitrogen and oxygen atoms in total. The number of Topliss-reactive ketones (excluding diaryl/α,β-unsaturated/α-hetero) is 1. The Balaban J connectivity index is 1.97. The number of hydrogen-bond donors (Lipinski definition) is 1. The SMILES string of the molecule is CC(=O)c1ccc(C#N)c(NCCOc2ccccc2C)c1. The average molecular weight is 294 g/mol. The summed E-state index contributed by atoms with van der Waals surface area (Å²) in [4.78, 5) is 11.4. The van der Waals surface area contributed by atoms with Gasteiger partial charge in [-0.05, 0) is 43.7 Å². The molecule has 22 heavy (non-hydrogen) atoms. The van der Waals surface area contributed by atoms with E-state index >= 15 is 0 Å². The van der Waals surface area contributed by atoms with E-state index < -0.39 is 0 Å². The van der Waals surface area contributed by atoms with Crippen LogP contribution >= 0.6 is 0 Å². The number of nitriles is 1. The van der Waals surface area contributed by atoms with Gasteiger partial charge in [0.1, 0.15) is 18.4 Å². The molecular weight excluding hydrogens is 276 g/mol. The van der Waals surface area contributed by atoms with Crippen molar-refractivity contribution in [1.82, 2.24) is 0 Å². The molecule has 2 aromatic rings. The molecule has 0 atom stereocenters. The molecule has 0 spiro atoms. The fourth-order valence-electron chi connectivity index (χ4n) is 2.07. The van der Waals surface area contributed by atoms with Crippen molar-refractivity contribution >= 4 is 11.5 Å². The fraction of sp³-hybridized carbons (Fsp3) is 0.222. The van der Waals surface area contributed by atoms with Gasteiger partial charge < -0.3 is 10.1 Å². The van der Waals surface area contributed by atoms with Crippen LogP contribution in [0.3, 0.4) is 0 Å². The molecule has 0 saturated carbocycles. The van der Waals surface area contributed by atoms with E-state index in [4.69, 9.17) is 10.00 Å². The van der Waals surface area contributed by atoms with Gasteiger partial charge in [0.25, 0.3) is 0 Å². The number of hydrogen-bond acceptors (Lipinski definition) is 4. The monoisotopic (exact) mass is 294 g/mol. The van der Waals surface area contributed by atoms with Gasteiger partial charge in [-0.2, -0.15) is 5.26 Å². The number of anilines is 1. The highest BCUT2D eigenvalue weighted by atomic mass is 16.5. The Labute approximate surface area is 130 Å². The number of benzene rings is 2. The first-order chi connectivity index (χ1) is 10.6. The van der Waals surface area contributed by atoms with Gasteiger partial charge in [-0.25, -0.2) is 0 Å². The second-order valence-corrected chi connectivity index (χ2v) is 4.97. The predicted octanol–water partition coefficient (Wildman–Crippen LogP) is 3.56. The van der Waals surface area contributed by atoms with Gasteiger partial charge >= 0.3 is 0 Å². The van der Waals surface area contributed by atoms with Crippen LogP contribution in [-0.4, -0.2) is 18.9 Å². The van der Waals surface area contributed by atoms with Crippen molar-refractivity contribution in [1.29, 1.82) is 5.26 Å². The van der Waals surface area contributed by atoms with Gasteiger partial charge in [0.15, 0.2) is 5.78 Å². The van der Waals surface area contributed by atoms with E-state index in [9.17, 15) is 4.79 Å². The smallest absolute Gasteiger partial charge is 0.159 e. The highest BCUT2D eigenvalue weighted by Gasteiger charge is 2.06. The molecule has 2 aromatic carbocycles. The molecule has 112 valence electrons. The summed E-state index contributed by atoms with van der Waals surface area (Å²) in [6.45, 7) is 4.52. The topological polar surface area (TPSA) is 62.1 Å². The van der Waals surface area contributed by atoms with E-state index in [1.165, 1.54) is 6.92 Å². The molecule has 0 bridgehead atoms. The average Bonchev–Trinajstić information content (AvgIpc) is 2.52. The highest BCUT2D eigenvalue weighted by molar-refractivity contribution is 5.95. The maximum atomic E-state index is 11.4. The van der Waals surface area contributed by atoms with Crippen LogP contribution < -0.4 is 10.1 Å². The standard InChI is InChI=1S/C18H18N2O2/c1-13-5-3-4-6-18(13)22-10-9-20-17-11-15(14(2)21)7-8-16(17)12-19/h3-8,11,20H,9-10H2,1-2H3. The quantitative estimate of drug-likeness (QED) is 0.653. The Morgan fingerprint density at radius 2 is 2.05 bits per heavy atom. The molecule has 0 amide bonds. The van der Waals surface area contributed by atoms with Gasteiger partial charge in [0.05, 0.1) is 11.3 Å². The molecule has 0 fully saturated rings. The summed E-state index contributed by atoms with van der Waals surface area (Å²) < 4.78 is 5.70. The van der Waals surface area contributed by atoms with Crippen molar-refractivity contribution in [3.63, 3.8) is 0 Å². The van der Waals surface area contributed by atoms with Crippen molar-refractivity contribution in [2.24, 2.45) is 0 Å². The van der Waals surface area contributed by atoms with Gasteiger partial charge in [-0.3, -0.25) is 4.79 Å². The summed E-state index contributed by atoms with van der Waals surface area (Å²) in [6.07, 6.45) is 0. The van der Waals surface area contributed by atoms with E-state index in [0.717, 1.165) is 11.3 Å².